The second kappa shape index (κ2) is 7.16. The molecule has 0 radical (unpaired) electrons. The zero-order valence-corrected chi connectivity index (χ0v) is 12.3. The standard InChI is InChI=1S/C13H17BrN2O2/c1-9(2)7-15-16-13(17)8-18-11-4-5-12(14)10(3)6-11/h4-7,9H,8H2,1-3H3,(H,16,17). The lowest BCUT2D eigenvalue weighted by Gasteiger charge is -2.06. The van der Waals surface area contributed by atoms with Gasteiger partial charge in [0.15, 0.2) is 6.61 Å². The highest BCUT2D eigenvalue weighted by Crippen LogP contribution is 2.21. The maximum absolute atomic E-state index is 11.4. The van der Waals surface area contributed by atoms with Gasteiger partial charge < -0.3 is 4.74 Å². The summed E-state index contributed by atoms with van der Waals surface area (Å²) in [5, 5.41) is 3.80. The van der Waals surface area contributed by atoms with E-state index in [0.717, 1.165) is 10.0 Å². The van der Waals surface area contributed by atoms with Crippen LogP contribution in [-0.2, 0) is 4.79 Å². The number of carbonyl (C=O) groups is 1. The lowest BCUT2D eigenvalue weighted by Crippen LogP contribution is -2.24. The Morgan fingerprint density at radius 2 is 2.28 bits per heavy atom. The molecule has 4 nitrogen and oxygen atoms in total. The Morgan fingerprint density at radius 1 is 1.56 bits per heavy atom. The van der Waals surface area contributed by atoms with E-state index in [2.05, 4.69) is 26.5 Å². The van der Waals surface area contributed by atoms with Gasteiger partial charge in [0.05, 0.1) is 0 Å². The van der Waals surface area contributed by atoms with Gasteiger partial charge in [0.2, 0.25) is 0 Å². The number of benzene rings is 1. The zero-order valence-electron chi connectivity index (χ0n) is 10.7. The molecule has 98 valence electrons. The monoisotopic (exact) mass is 312 g/mol. The van der Waals surface area contributed by atoms with Crippen molar-refractivity contribution in [3.8, 4) is 5.75 Å². The molecule has 0 saturated heterocycles. The van der Waals surface area contributed by atoms with Gasteiger partial charge in [-0.1, -0.05) is 29.8 Å². The average Bonchev–Trinajstić information content (AvgIpc) is 2.30. The van der Waals surface area contributed by atoms with Gasteiger partial charge in [0.1, 0.15) is 5.75 Å². The average molecular weight is 313 g/mol. The van der Waals surface area contributed by atoms with Crippen LogP contribution in [-0.4, -0.2) is 18.7 Å². The Kier molecular flexibility index (Phi) is 5.85. The fraction of sp³-hybridized carbons (Fsp3) is 0.385. The molecule has 0 aliphatic carbocycles. The molecule has 0 aromatic heterocycles. The van der Waals surface area contributed by atoms with E-state index in [4.69, 9.17) is 4.74 Å². The Bertz CT molecular complexity index is 445. The molecule has 1 aromatic rings. The first kappa shape index (κ1) is 14.7. The zero-order chi connectivity index (χ0) is 13.5. The Labute approximate surface area is 116 Å². The van der Waals surface area contributed by atoms with Crippen LogP contribution >= 0.6 is 15.9 Å². The largest absolute Gasteiger partial charge is 0.484 e. The quantitative estimate of drug-likeness (QED) is 0.671. The van der Waals surface area contributed by atoms with E-state index < -0.39 is 0 Å². The normalized spacial score (nSPS) is 10.9. The van der Waals surface area contributed by atoms with Gasteiger partial charge in [-0.05, 0) is 36.6 Å². The number of rotatable bonds is 5. The highest BCUT2D eigenvalue weighted by Gasteiger charge is 2.02. The summed E-state index contributed by atoms with van der Waals surface area (Å²) in [5.74, 6) is 0.700. The Hall–Kier alpha value is -1.36. The van der Waals surface area contributed by atoms with Crippen LogP contribution in [0.3, 0.4) is 0 Å². The lowest BCUT2D eigenvalue weighted by molar-refractivity contribution is -0.123. The number of aryl methyl sites for hydroxylation is 1. The van der Waals surface area contributed by atoms with E-state index in [-0.39, 0.29) is 12.5 Å². The molecule has 1 aromatic carbocycles. The maximum Gasteiger partial charge on any atom is 0.277 e. The second-order valence-electron chi connectivity index (χ2n) is 4.26. The number of nitrogens with one attached hydrogen (secondary N) is 1. The molecular weight excluding hydrogens is 296 g/mol. The predicted molar refractivity (Wildman–Crippen MR) is 75.8 cm³/mol. The van der Waals surface area contributed by atoms with Crippen molar-refractivity contribution < 1.29 is 9.53 Å². The maximum atomic E-state index is 11.4. The molecule has 0 bridgehead atoms. The number of ether oxygens (including phenoxy) is 1. The van der Waals surface area contributed by atoms with Crippen molar-refractivity contribution in [3.63, 3.8) is 0 Å². The number of amides is 1. The van der Waals surface area contributed by atoms with E-state index in [1.807, 2.05) is 39.0 Å². The molecule has 0 unspecified atom stereocenters. The molecule has 18 heavy (non-hydrogen) atoms. The van der Waals surface area contributed by atoms with E-state index in [9.17, 15) is 4.79 Å². The van der Waals surface area contributed by atoms with Gasteiger partial charge in [-0.2, -0.15) is 5.10 Å². The van der Waals surface area contributed by atoms with Gasteiger partial charge in [-0.3, -0.25) is 4.79 Å². The summed E-state index contributed by atoms with van der Waals surface area (Å²) in [6.45, 7) is 5.88. The van der Waals surface area contributed by atoms with Gasteiger partial charge in [0, 0.05) is 10.7 Å². The molecule has 1 amide bonds. The molecule has 0 spiro atoms. The van der Waals surface area contributed by atoms with Crippen LogP contribution in [0, 0.1) is 12.8 Å². The lowest BCUT2D eigenvalue weighted by atomic mass is 10.2. The molecule has 0 aliphatic rings. The third kappa shape index (κ3) is 5.31. The van der Waals surface area contributed by atoms with Crippen LogP contribution in [0.15, 0.2) is 27.8 Å². The number of halogens is 1. The van der Waals surface area contributed by atoms with Crippen molar-refractivity contribution in [2.24, 2.45) is 11.0 Å². The summed E-state index contributed by atoms with van der Waals surface area (Å²) >= 11 is 3.40. The third-order valence-corrected chi connectivity index (χ3v) is 2.95. The minimum Gasteiger partial charge on any atom is -0.484 e. The predicted octanol–water partition coefficient (Wildman–Crippen LogP) is 2.89. The Balaban J connectivity index is 2.40. The number of hydrogen-bond acceptors (Lipinski definition) is 3. The molecule has 0 atom stereocenters. The molecular formula is C13H17BrN2O2. The topological polar surface area (TPSA) is 50.7 Å². The summed E-state index contributed by atoms with van der Waals surface area (Å²) in [7, 11) is 0. The highest BCUT2D eigenvalue weighted by atomic mass is 79.9. The summed E-state index contributed by atoms with van der Waals surface area (Å²) in [5.41, 5.74) is 3.47. The Morgan fingerprint density at radius 3 is 2.89 bits per heavy atom. The van der Waals surface area contributed by atoms with Crippen LogP contribution in [0.4, 0.5) is 0 Å². The fourth-order valence-corrected chi connectivity index (χ4v) is 1.39. The smallest absolute Gasteiger partial charge is 0.277 e. The molecule has 0 saturated carbocycles. The molecule has 0 fully saturated rings. The van der Waals surface area contributed by atoms with E-state index in [0.29, 0.717) is 11.7 Å². The minimum atomic E-state index is -0.271. The number of hydrogen-bond donors (Lipinski definition) is 1. The van der Waals surface area contributed by atoms with Gasteiger partial charge in [-0.25, -0.2) is 5.43 Å². The van der Waals surface area contributed by atoms with Gasteiger partial charge in [0.25, 0.3) is 5.91 Å². The van der Waals surface area contributed by atoms with Crippen LogP contribution in [0.1, 0.15) is 19.4 Å². The molecule has 0 heterocycles. The van der Waals surface area contributed by atoms with E-state index in [1.54, 1.807) is 6.21 Å². The molecule has 0 aliphatic heterocycles. The first-order chi connectivity index (χ1) is 8.49. The number of hydrazone groups is 1. The van der Waals surface area contributed by atoms with Crippen molar-refractivity contribution in [2.45, 2.75) is 20.8 Å². The SMILES string of the molecule is Cc1cc(OCC(=O)NN=CC(C)C)ccc1Br. The van der Waals surface area contributed by atoms with Crippen molar-refractivity contribution in [2.75, 3.05) is 6.61 Å². The summed E-state index contributed by atoms with van der Waals surface area (Å²) in [6.07, 6.45) is 1.67. The van der Waals surface area contributed by atoms with Gasteiger partial charge >= 0.3 is 0 Å². The highest BCUT2D eigenvalue weighted by molar-refractivity contribution is 9.10. The number of nitrogens with zero attached hydrogens (tertiary/aromatic N) is 1. The van der Waals surface area contributed by atoms with E-state index >= 15 is 0 Å². The van der Waals surface area contributed by atoms with Crippen molar-refractivity contribution in [1.82, 2.24) is 5.43 Å². The molecule has 1 N–H and O–H groups in total. The van der Waals surface area contributed by atoms with Crippen LogP contribution in [0.25, 0.3) is 0 Å². The van der Waals surface area contributed by atoms with Crippen molar-refractivity contribution in [1.29, 1.82) is 0 Å². The van der Waals surface area contributed by atoms with E-state index in [1.165, 1.54) is 0 Å². The third-order valence-electron chi connectivity index (χ3n) is 2.06. The van der Waals surface area contributed by atoms with Crippen molar-refractivity contribution in [3.05, 3.63) is 28.2 Å². The fourth-order valence-electron chi connectivity index (χ4n) is 1.15. The van der Waals surface area contributed by atoms with Gasteiger partial charge in [-0.15, -0.1) is 0 Å². The van der Waals surface area contributed by atoms with Crippen LogP contribution in [0.2, 0.25) is 0 Å². The summed E-state index contributed by atoms with van der Waals surface area (Å²) in [6, 6.07) is 5.57. The summed E-state index contributed by atoms with van der Waals surface area (Å²) < 4.78 is 6.37. The summed E-state index contributed by atoms with van der Waals surface area (Å²) in [4.78, 5) is 11.4. The van der Waals surface area contributed by atoms with Crippen LogP contribution < -0.4 is 10.2 Å². The van der Waals surface area contributed by atoms with Crippen molar-refractivity contribution >= 4 is 28.1 Å². The first-order valence-electron chi connectivity index (χ1n) is 5.70. The minimum absolute atomic E-state index is 0.0451. The van der Waals surface area contributed by atoms with Crippen LogP contribution in [0.5, 0.6) is 5.75 Å². The number of carbonyl (C=O) groups excluding carboxylic acids is 1. The molecule has 1 rings (SSSR count). The molecule has 5 heteroatoms. The second-order valence-corrected chi connectivity index (χ2v) is 5.11. The first-order valence-corrected chi connectivity index (χ1v) is 6.49.